The van der Waals surface area contributed by atoms with Crippen LogP contribution in [0.5, 0.6) is 0 Å². The molecule has 1 unspecified atom stereocenters. The number of β-amino-alcohol motifs (C(OH)–C–C–N with tert-alkyl or cyclic N) is 1. The largest absolute Gasteiger partial charge is 0.379 e. The molecule has 4 N–H and O–H groups in total. The van der Waals surface area contributed by atoms with Gasteiger partial charge in [-0.3, -0.25) is 0 Å². The first kappa shape index (κ1) is 7.51. The molecule has 1 aromatic heterocycles. The fourth-order valence-electron chi connectivity index (χ4n) is 1.29. The smallest absolute Gasteiger partial charge is 0.261 e. The molecule has 1 atom stereocenters. The van der Waals surface area contributed by atoms with Crippen LogP contribution in [0.25, 0.3) is 0 Å². The first-order valence-electron chi connectivity index (χ1n) is 3.73. The number of rotatable bonds is 1. The average Bonchev–Trinajstić information content (AvgIpc) is 2.59. The maximum atomic E-state index is 9.86. The quantitative estimate of drug-likeness (QED) is 0.491. The highest BCUT2D eigenvalue weighted by atomic mass is 16.5. The first-order chi connectivity index (χ1) is 5.71. The molecule has 0 spiro atoms. The summed E-state index contributed by atoms with van der Waals surface area (Å²) in [5.41, 5.74) is 4.23. The van der Waals surface area contributed by atoms with Crippen molar-refractivity contribution in [2.75, 3.05) is 18.8 Å². The van der Waals surface area contributed by atoms with E-state index in [-0.39, 0.29) is 11.8 Å². The zero-order chi connectivity index (χ0) is 8.60. The predicted octanol–water partition coefficient (Wildman–Crippen LogP) is -1.17. The third-order valence-electron chi connectivity index (χ3n) is 1.97. The second-order valence-electron chi connectivity index (χ2n) is 2.92. The summed E-state index contributed by atoms with van der Waals surface area (Å²) >= 11 is 0. The van der Waals surface area contributed by atoms with E-state index in [4.69, 9.17) is 10.3 Å². The van der Waals surface area contributed by atoms with Crippen molar-refractivity contribution >= 4 is 5.95 Å². The minimum atomic E-state index is -1.02. The van der Waals surface area contributed by atoms with E-state index >= 15 is 0 Å². The summed E-state index contributed by atoms with van der Waals surface area (Å²) in [7, 11) is 0. The Morgan fingerprint density at radius 1 is 1.67 bits per heavy atom. The fraction of sp³-hybridized carbons (Fsp3) is 0.667. The summed E-state index contributed by atoms with van der Waals surface area (Å²) in [6.07, 6.45) is 0.578. The van der Waals surface area contributed by atoms with E-state index in [0.29, 0.717) is 13.0 Å². The van der Waals surface area contributed by atoms with Crippen LogP contribution in [-0.4, -0.2) is 28.3 Å². The van der Waals surface area contributed by atoms with Gasteiger partial charge >= 0.3 is 0 Å². The van der Waals surface area contributed by atoms with Crippen LogP contribution in [0.2, 0.25) is 0 Å². The highest BCUT2D eigenvalue weighted by Gasteiger charge is 2.38. The normalized spacial score (nSPS) is 29.4. The van der Waals surface area contributed by atoms with Crippen molar-refractivity contribution in [3.63, 3.8) is 0 Å². The van der Waals surface area contributed by atoms with E-state index in [9.17, 15) is 5.11 Å². The molecule has 2 heterocycles. The van der Waals surface area contributed by atoms with Crippen LogP contribution in [0.1, 0.15) is 12.3 Å². The van der Waals surface area contributed by atoms with Crippen LogP contribution in [-0.2, 0) is 5.60 Å². The van der Waals surface area contributed by atoms with Gasteiger partial charge in [-0.15, -0.1) is 0 Å². The molecule has 66 valence electrons. The lowest BCUT2D eigenvalue weighted by molar-refractivity contribution is 0.0243. The van der Waals surface area contributed by atoms with Crippen molar-refractivity contribution < 1.29 is 9.63 Å². The second-order valence-corrected chi connectivity index (χ2v) is 2.92. The van der Waals surface area contributed by atoms with Crippen LogP contribution >= 0.6 is 0 Å². The van der Waals surface area contributed by atoms with E-state index < -0.39 is 5.60 Å². The van der Waals surface area contributed by atoms with Gasteiger partial charge in [0.05, 0.1) is 0 Å². The molecule has 0 aromatic carbocycles. The highest BCUT2D eigenvalue weighted by molar-refractivity contribution is 5.14. The molecule has 6 nitrogen and oxygen atoms in total. The Morgan fingerprint density at radius 2 is 2.50 bits per heavy atom. The number of aromatic nitrogens is 2. The summed E-state index contributed by atoms with van der Waals surface area (Å²) in [4.78, 5) is 3.77. The van der Waals surface area contributed by atoms with Gasteiger partial charge in [0, 0.05) is 6.54 Å². The Morgan fingerprint density at radius 3 is 3.00 bits per heavy atom. The number of hydrogen-bond donors (Lipinski definition) is 3. The monoisotopic (exact) mass is 170 g/mol. The maximum absolute atomic E-state index is 9.86. The van der Waals surface area contributed by atoms with Crippen LogP contribution in [0.3, 0.4) is 0 Å². The van der Waals surface area contributed by atoms with Crippen molar-refractivity contribution in [2.24, 2.45) is 0 Å². The SMILES string of the molecule is Nc1noc(C2(O)CCNC2)n1. The molecule has 0 bridgehead atoms. The number of nitrogens with two attached hydrogens (primary N) is 1. The third-order valence-corrected chi connectivity index (χ3v) is 1.97. The van der Waals surface area contributed by atoms with Gasteiger partial charge in [0.15, 0.2) is 5.60 Å². The third kappa shape index (κ3) is 1.05. The fourth-order valence-corrected chi connectivity index (χ4v) is 1.29. The number of nitrogens with one attached hydrogen (secondary N) is 1. The first-order valence-corrected chi connectivity index (χ1v) is 3.73. The minimum absolute atomic E-state index is 0.0605. The summed E-state index contributed by atoms with van der Waals surface area (Å²) in [5.74, 6) is 0.260. The molecule has 0 radical (unpaired) electrons. The average molecular weight is 170 g/mol. The van der Waals surface area contributed by atoms with Crippen molar-refractivity contribution in [3.8, 4) is 0 Å². The molecule has 0 aliphatic carbocycles. The molecule has 1 aliphatic heterocycles. The number of anilines is 1. The molecule has 0 amide bonds. The minimum Gasteiger partial charge on any atom is -0.379 e. The van der Waals surface area contributed by atoms with E-state index in [1.54, 1.807) is 0 Å². The highest BCUT2D eigenvalue weighted by Crippen LogP contribution is 2.25. The van der Waals surface area contributed by atoms with Crippen molar-refractivity contribution in [1.29, 1.82) is 0 Å². The van der Waals surface area contributed by atoms with Gasteiger partial charge in [-0.05, 0) is 18.1 Å². The van der Waals surface area contributed by atoms with E-state index in [1.807, 2.05) is 0 Å². The summed E-state index contributed by atoms with van der Waals surface area (Å²) in [6, 6.07) is 0. The van der Waals surface area contributed by atoms with Crippen LogP contribution in [0, 0.1) is 0 Å². The Balaban J connectivity index is 2.28. The van der Waals surface area contributed by atoms with Gasteiger partial charge in [0.2, 0.25) is 0 Å². The zero-order valence-corrected chi connectivity index (χ0v) is 6.45. The number of nitrogen functional groups attached to an aromatic ring is 1. The molecule has 6 heteroatoms. The predicted molar refractivity (Wildman–Crippen MR) is 40.1 cm³/mol. The summed E-state index contributed by atoms with van der Waals surface area (Å²) in [6.45, 7) is 1.19. The molecular formula is C6H10N4O2. The molecule has 1 saturated heterocycles. The molecule has 1 aliphatic rings. The molecule has 2 rings (SSSR count). The second kappa shape index (κ2) is 2.43. The Kier molecular flexibility index (Phi) is 1.52. The van der Waals surface area contributed by atoms with Crippen molar-refractivity contribution in [1.82, 2.24) is 15.5 Å². The summed E-state index contributed by atoms with van der Waals surface area (Å²) in [5, 5.41) is 16.3. The Bertz CT molecular complexity index is 279. The van der Waals surface area contributed by atoms with E-state index in [1.165, 1.54) is 0 Å². The van der Waals surface area contributed by atoms with Gasteiger partial charge < -0.3 is 20.7 Å². The molecular weight excluding hydrogens is 160 g/mol. The number of aliphatic hydroxyl groups is 1. The van der Waals surface area contributed by atoms with Crippen LogP contribution < -0.4 is 11.1 Å². The van der Waals surface area contributed by atoms with Crippen molar-refractivity contribution in [3.05, 3.63) is 5.89 Å². The van der Waals surface area contributed by atoms with Gasteiger partial charge in [0.25, 0.3) is 11.8 Å². The maximum Gasteiger partial charge on any atom is 0.261 e. The molecule has 12 heavy (non-hydrogen) atoms. The van der Waals surface area contributed by atoms with Gasteiger partial charge in [-0.2, -0.15) is 4.98 Å². The van der Waals surface area contributed by atoms with E-state index in [0.717, 1.165) is 6.54 Å². The summed E-state index contributed by atoms with van der Waals surface area (Å²) < 4.78 is 4.78. The topological polar surface area (TPSA) is 97.2 Å². The number of nitrogens with zero attached hydrogens (tertiary/aromatic N) is 2. The van der Waals surface area contributed by atoms with Gasteiger partial charge in [-0.1, -0.05) is 0 Å². The van der Waals surface area contributed by atoms with Gasteiger partial charge in [0.1, 0.15) is 0 Å². The lowest BCUT2D eigenvalue weighted by Crippen LogP contribution is -2.28. The molecule has 1 aromatic rings. The van der Waals surface area contributed by atoms with Crippen LogP contribution in [0.15, 0.2) is 4.52 Å². The van der Waals surface area contributed by atoms with Gasteiger partial charge in [-0.25, -0.2) is 0 Å². The zero-order valence-electron chi connectivity index (χ0n) is 6.45. The number of hydrogen-bond acceptors (Lipinski definition) is 6. The van der Waals surface area contributed by atoms with Crippen molar-refractivity contribution in [2.45, 2.75) is 12.0 Å². The molecule has 1 fully saturated rings. The molecule has 0 saturated carbocycles. The standard InChI is InChI=1S/C6H10N4O2/c7-5-9-4(12-10-5)6(11)1-2-8-3-6/h8,11H,1-3H2,(H2,7,10). The Labute approximate surface area is 68.8 Å². The van der Waals surface area contributed by atoms with E-state index in [2.05, 4.69) is 15.5 Å². The lowest BCUT2D eigenvalue weighted by Gasteiger charge is -2.14. The lowest BCUT2D eigenvalue weighted by atomic mass is 10.0. The Hall–Kier alpha value is -1.14. The van der Waals surface area contributed by atoms with Crippen LogP contribution in [0.4, 0.5) is 5.95 Å².